The van der Waals surface area contributed by atoms with E-state index in [2.05, 4.69) is 25.7 Å². The molecule has 0 aliphatic rings. The minimum Gasteiger partial charge on any atom is -0.489 e. The lowest BCUT2D eigenvalue weighted by molar-refractivity contribution is 0.306. The molecule has 0 radical (unpaired) electrons. The number of rotatable bonds is 6. The van der Waals surface area contributed by atoms with Crippen molar-refractivity contribution >= 4 is 12.2 Å². The monoisotopic (exact) mass is 353 g/mol. The predicted octanol–water partition coefficient (Wildman–Crippen LogP) is 2.64. The van der Waals surface area contributed by atoms with E-state index in [1.54, 1.807) is 31.3 Å². The highest BCUT2D eigenvalue weighted by atomic mass is 19.1. The first-order chi connectivity index (χ1) is 12.6. The van der Waals surface area contributed by atoms with Crippen LogP contribution in [0.3, 0.4) is 0 Å². The highest BCUT2D eigenvalue weighted by Gasteiger charge is 1.99. The maximum absolute atomic E-state index is 12.9. The third kappa shape index (κ3) is 4.73. The van der Waals surface area contributed by atoms with Crippen molar-refractivity contribution in [3.8, 4) is 5.75 Å². The van der Waals surface area contributed by atoms with E-state index in [-0.39, 0.29) is 23.0 Å². The Morgan fingerprint density at radius 3 is 2.81 bits per heavy atom. The molecular formula is C18H16FN5O2. The normalized spacial score (nSPS) is 10.8. The number of benzene rings is 2. The van der Waals surface area contributed by atoms with Crippen LogP contribution in [0.4, 0.5) is 10.3 Å². The molecule has 0 aliphatic heterocycles. The number of nitrogens with one attached hydrogen (secondary N) is 2. The number of aromatic nitrogens is 3. The SMILES string of the molecule is Cc1nnc(N/N=C/c2cccc(OCc3ccc(F)cc3)c2)[nH]c1=O. The summed E-state index contributed by atoms with van der Waals surface area (Å²) in [6.45, 7) is 1.90. The van der Waals surface area contributed by atoms with Crippen LogP contribution in [0.25, 0.3) is 0 Å². The topological polar surface area (TPSA) is 92.3 Å². The second-order valence-electron chi connectivity index (χ2n) is 5.45. The zero-order chi connectivity index (χ0) is 18.4. The van der Waals surface area contributed by atoms with Crippen LogP contribution in [0.2, 0.25) is 0 Å². The van der Waals surface area contributed by atoms with E-state index in [0.717, 1.165) is 11.1 Å². The van der Waals surface area contributed by atoms with Gasteiger partial charge in [0.05, 0.1) is 6.21 Å². The van der Waals surface area contributed by atoms with E-state index in [4.69, 9.17) is 4.74 Å². The van der Waals surface area contributed by atoms with Crippen molar-refractivity contribution in [2.24, 2.45) is 5.10 Å². The number of H-pyrrole nitrogens is 1. The van der Waals surface area contributed by atoms with E-state index in [0.29, 0.717) is 12.4 Å². The molecule has 0 saturated heterocycles. The van der Waals surface area contributed by atoms with Crippen LogP contribution in [0.5, 0.6) is 5.75 Å². The molecule has 0 bridgehead atoms. The highest BCUT2D eigenvalue weighted by Crippen LogP contribution is 2.14. The number of anilines is 1. The second-order valence-corrected chi connectivity index (χ2v) is 5.45. The zero-order valence-electron chi connectivity index (χ0n) is 13.9. The van der Waals surface area contributed by atoms with Gasteiger partial charge in [0, 0.05) is 0 Å². The summed E-state index contributed by atoms with van der Waals surface area (Å²) in [5, 5.41) is 11.5. The summed E-state index contributed by atoms with van der Waals surface area (Å²) in [7, 11) is 0. The van der Waals surface area contributed by atoms with Crippen LogP contribution in [0.15, 0.2) is 58.4 Å². The summed E-state index contributed by atoms with van der Waals surface area (Å²) in [6.07, 6.45) is 1.56. The van der Waals surface area contributed by atoms with Crippen molar-refractivity contribution in [1.29, 1.82) is 0 Å². The minimum absolute atomic E-state index is 0.153. The molecule has 2 aromatic carbocycles. The molecule has 0 amide bonds. The van der Waals surface area contributed by atoms with Crippen LogP contribution in [-0.4, -0.2) is 21.4 Å². The second kappa shape index (κ2) is 8.02. The first kappa shape index (κ1) is 17.3. The molecule has 0 aliphatic carbocycles. The van der Waals surface area contributed by atoms with Crippen molar-refractivity contribution < 1.29 is 9.13 Å². The summed E-state index contributed by atoms with van der Waals surface area (Å²) in [4.78, 5) is 13.9. The quantitative estimate of drug-likeness (QED) is 0.525. The van der Waals surface area contributed by atoms with Crippen LogP contribution in [0, 0.1) is 12.7 Å². The molecule has 132 valence electrons. The van der Waals surface area contributed by atoms with E-state index in [1.807, 2.05) is 18.2 Å². The van der Waals surface area contributed by atoms with Crippen LogP contribution in [0.1, 0.15) is 16.8 Å². The van der Waals surface area contributed by atoms with Gasteiger partial charge < -0.3 is 4.74 Å². The smallest absolute Gasteiger partial charge is 0.274 e. The molecule has 0 saturated carbocycles. The Bertz CT molecular complexity index is 970. The molecule has 0 unspecified atom stereocenters. The third-order valence-electron chi connectivity index (χ3n) is 3.42. The molecule has 0 fully saturated rings. The van der Waals surface area contributed by atoms with E-state index in [9.17, 15) is 9.18 Å². The number of hydrogen-bond donors (Lipinski definition) is 2. The Morgan fingerprint density at radius 2 is 2.04 bits per heavy atom. The summed E-state index contributed by atoms with van der Waals surface area (Å²) in [6, 6.07) is 13.4. The van der Waals surface area contributed by atoms with Gasteiger partial charge >= 0.3 is 0 Å². The van der Waals surface area contributed by atoms with Gasteiger partial charge in [0.25, 0.3) is 5.56 Å². The van der Waals surface area contributed by atoms with Crippen molar-refractivity contribution in [3.05, 3.63) is 81.5 Å². The van der Waals surface area contributed by atoms with Gasteiger partial charge in [-0.25, -0.2) is 9.82 Å². The van der Waals surface area contributed by atoms with Gasteiger partial charge in [0.1, 0.15) is 23.9 Å². The molecule has 0 spiro atoms. The standard InChI is InChI=1S/C18H16FN5O2/c1-12-17(25)21-18(24-22-12)23-20-10-14-3-2-4-16(9-14)26-11-13-5-7-15(19)8-6-13/h2-10H,11H2,1H3,(H2,21,23,24,25)/b20-10+. The number of hydrazone groups is 1. The first-order valence-electron chi connectivity index (χ1n) is 7.80. The third-order valence-corrected chi connectivity index (χ3v) is 3.42. The summed E-state index contributed by atoms with van der Waals surface area (Å²) < 4.78 is 18.6. The van der Waals surface area contributed by atoms with Gasteiger partial charge in [0.15, 0.2) is 0 Å². The number of halogens is 1. The fourth-order valence-corrected chi connectivity index (χ4v) is 2.04. The number of aryl methyl sites for hydroxylation is 1. The summed E-state index contributed by atoms with van der Waals surface area (Å²) in [5.74, 6) is 0.529. The van der Waals surface area contributed by atoms with Crippen LogP contribution in [-0.2, 0) is 6.61 Å². The molecule has 26 heavy (non-hydrogen) atoms. The van der Waals surface area contributed by atoms with Gasteiger partial charge in [-0.2, -0.15) is 5.10 Å². The predicted molar refractivity (Wildman–Crippen MR) is 95.8 cm³/mol. The number of hydrogen-bond acceptors (Lipinski definition) is 6. The van der Waals surface area contributed by atoms with Crippen molar-refractivity contribution in [2.75, 3.05) is 5.43 Å². The number of ether oxygens (including phenoxy) is 1. The minimum atomic E-state index is -0.325. The van der Waals surface area contributed by atoms with Crippen molar-refractivity contribution in [1.82, 2.24) is 15.2 Å². The van der Waals surface area contributed by atoms with Crippen molar-refractivity contribution in [2.45, 2.75) is 13.5 Å². The largest absolute Gasteiger partial charge is 0.489 e. The van der Waals surface area contributed by atoms with Gasteiger partial charge in [0.2, 0.25) is 5.95 Å². The lowest BCUT2D eigenvalue weighted by Crippen LogP contribution is -2.15. The molecule has 3 rings (SSSR count). The molecule has 0 atom stereocenters. The average Bonchev–Trinajstić information content (AvgIpc) is 2.65. The summed E-state index contributed by atoms with van der Waals surface area (Å²) in [5.41, 5.74) is 4.22. The summed E-state index contributed by atoms with van der Waals surface area (Å²) >= 11 is 0. The van der Waals surface area contributed by atoms with Gasteiger partial charge in [-0.1, -0.05) is 24.3 Å². The number of aromatic amines is 1. The molecule has 1 aromatic heterocycles. The van der Waals surface area contributed by atoms with Gasteiger partial charge in [-0.05, 0) is 42.3 Å². The maximum atomic E-state index is 12.9. The fraction of sp³-hybridized carbons (Fsp3) is 0.111. The number of nitrogens with zero attached hydrogens (tertiary/aromatic N) is 3. The molecule has 8 heteroatoms. The average molecular weight is 353 g/mol. The Balaban J connectivity index is 1.60. The van der Waals surface area contributed by atoms with E-state index < -0.39 is 0 Å². The van der Waals surface area contributed by atoms with E-state index >= 15 is 0 Å². The van der Waals surface area contributed by atoms with Crippen LogP contribution >= 0.6 is 0 Å². The molecule has 2 N–H and O–H groups in total. The van der Waals surface area contributed by atoms with E-state index in [1.165, 1.54) is 12.1 Å². The maximum Gasteiger partial charge on any atom is 0.274 e. The Labute approximate surface area is 148 Å². The molecule has 1 heterocycles. The van der Waals surface area contributed by atoms with Gasteiger partial charge in [-0.3, -0.25) is 9.78 Å². The van der Waals surface area contributed by atoms with Crippen molar-refractivity contribution in [3.63, 3.8) is 0 Å². The Hall–Kier alpha value is -3.55. The highest BCUT2D eigenvalue weighted by molar-refractivity contribution is 5.80. The fourth-order valence-electron chi connectivity index (χ4n) is 2.04. The lowest BCUT2D eigenvalue weighted by Gasteiger charge is -2.07. The molecule has 3 aromatic rings. The first-order valence-corrected chi connectivity index (χ1v) is 7.80. The Morgan fingerprint density at radius 1 is 1.23 bits per heavy atom. The molecule has 7 nitrogen and oxygen atoms in total. The Kier molecular flexibility index (Phi) is 5.33. The molecular weight excluding hydrogens is 337 g/mol. The van der Waals surface area contributed by atoms with Crippen LogP contribution < -0.4 is 15.7 Å². The lowest BCUT2D eigenvalue weighted by atomic mass is 10.2. The zero-order valence-corrected chi connectivity index (χ0v) is 13.9. The van der Waals surface area contributed by atoms with Gasteiger partial charge in [-0.15, -0.1) is 10.2 Å².